The number of benzene rings is 2. The molecule has 2 heterocycles. The van der Waals surface area contributed by atoms with Gasteiger partial charge in [-0.05, 0) is 67.8 Å². The fourth-order valence-electron chi connectivity index (χ4n) is 3.63. The van der Waals surface area contributed by atoms with Crippen molar-refractivity contribution < 1.29 is 8.42 Å². The van der Waals surface area contributed by atoms with Gasteiger partial charge in [0.05, 0.1) is 27.7 Å². The molecule has 0 aliphatic heterocycles. The lowest BCUT2D eigenvalue weighted by atomic mass is 10.00. The van der Waals surface area contributed by atoms with Crippen LogP contribution in [0.2, 0.25) is 0 Å². The van der Waals surface area contributed by atoms with Gasteiger partial charge in [0, 0.05) is 23.2 Å². The third kappa shape index (κ3) is 3.44. The molecular formula is C22H21N5O2S. The van der Waals surface area contributed by atoms with Gasteiger partial charge in [-0.3, -0.25) is 5.10 Å². The molecule has 0 radical (unpaired) electrons. The molecule has 0 spiro atoms. The Morgan fingerprint density at radius 1 is 1.07 bits per heavy atom. The van der Waals surface area contributed by atoms with Crippen LogP contribution in [0.3, 0.4) is 0 Å². The summed E-state index contributed by atoms with van der Waals surface area (Å²) in [6.07, 6.45) is 4.03. The van der Waals surface area contributed by atoms with Gasteiger partial charge < -0.3 is 0 Å². The van der Waals surface area contributed by atoms with Gasteiger partial charge in [0.25, 0.3) is 0 Å². The van der Waals surface area contributed by atoms with Crippen LogP contribution in [-0.4, -0.2) is 28.4 Å². The Kier molecular flexibility index (Phi) is 4.34. The first kappa shape index (κ1) is 18.8. The van der Waals surface area contributed by atoms with Gasteiger partial charge in [0.15, 0.2) is 0 Å². The smallest absolute Gasteiger partial charge is 0.238 e. The van der Waals surface area contributed by atoms with Crippen LogP contribution in [0.4, 0.5) is 0 Å². The molecular weight excluding hydrogens is 398 g/mol. The van der Waals surface area contributed by atoms with Gasteiger partial charge in [0.2, 0.25) is 10.0 Å². The highest BCUT2D eigenvalue weighted by Crippen LogP contribution is 2.41. The van der Waals surface area contributed by atoms with E-state index in [1.807, 2.05) is 10.7 Å². The minimum atomic E-state index is -3.74. The summed E-state index contributed by atoms with van der Waals surface area (Å²) in [5, 5.41) is 17.2. The summed E-state index contributed by atoms with van der Waals surface area (Å²) < 4.78 is 25.1. The SMILES string of the molecule is Cc1ccc(-c2ccn[nH]2)cc1-c1cc(C2CC2)nn1-c1ccc(S(N)(=O)=O)cc1. The van der Waals surface area contributed by atoms with E-state index >= 15 is 0 Å². The van der Waals surface area contributed by atoms with Crippen molar-refractivity contribution in [3.8, 4) is 28.2 Å². The molecule has 8 heteroatoms. The van der Waals surface area contributed by atoms with Gasteiger partial charge in [-0.15, -0.1) is 0 Å². The fourth-order valence-corrected chi connectivity index (χ4v) is 4.14. The molecule has 5 rings (SSSR count). The normalized spacial score (nSPS) is 14.2. The predicted molar refractivity (Wildman–Crippen MR) is 115 cm³/mol. The first-order valence-electron chi connectivity index (χ1n) is 9.74. The number of hydrogen-bond acceptors (Lipinski definition) is 4. The Balaban J connectivity index is 1.65. The molecule has 0 bridgehead atoms. The van der Waals surface area contributed by atoms with E-state index in [1.54, 1.807) is 18.3 Å². The number of nitrogens with one attached hydrogen (secondary N) is 1. The van der Waals surface area contributed by atoms with Crippen molar-refractivity contribution in [2.75, 3.05) is 0 Å². The van der Waals surface area contributed by atoms with E-state index in [9.17, 15) is 8.42 Å². The second-order valence-electron chi connectivity index (χ2n) is 7.68. The van der Waals surface area contributed by atoms with Crippen molar-refractivity contribution in [1.82, 2.24) is 20.0 Å². The predicted octanol–water partition coefficient (Wildman–Crippen LogP) is 3.76. The molecule has 152 valence electrons. The molecule has 1 aliphatic carbocycles. The number of aromatic amines is 1. The summed E-state index contributed by atoms with van der Waals surface area (Å²) in [5.41, 5.74) is 7.00. The fraction of sp³-hybridized carbons (Fsp3) is 0.182. The summed E-state index contributed by atoms with van der Waals surface area (Å²) in [7, 11) is -3.74. The van der Waals surface area contributed by atoms with Gasteiger partial charge in [-0.2, -0.15) is 10.2 Å². The topological polar surface area (TPSA) is 107 Å². The Bertz CT molecular complexity index is 1320. The van der Waals surface area contributed by atoms with Gasteiger partial charge in [-0.25, -0.2) is 18.2 Å². The van der Waals surface area contributed by atoms with Gasteiger partial charge in [0.1, 0.15) is 0 Å². The van der Waals surface area contributed by atoms with E-state index in [0.717, 1.165) is 52.3 Å². The van der Waals surface area contributed by atoms with E-state index in [4.69, 9.17) is 10.2 Å². The molecule has 1 fully saturated rings. The summed E-state index contributed by atoms with van der Waals surface area (Å²) in [6, 6.07) is 16.9. The highest BCUT2D eigenvalue weighted by atomic mass is 32.2. The summed E-state index contributed by atoms with van der Waals surface area (Å²) in [4.78, 5) is 0.0831. The Hall–Kier alpha value is -3.23. The number of rotatable bonds is 5. The lowest BCUT2D eigenvalue weighted by Crippen LogP contribution is -2.12. The molecule has 3 N–H and O–H groups in total. The van der Waals surface area contributed by atoms with Gasteiger partial charge in [-0.1, -0.05) is 12.1 Å². The van der Waals surface area contributed by atoms with Crippen molar-refractivity contribution in [2.24, 2.45) is 5.14 Å². The third-order valence-electron chi connectivity index (χ3n) is 5.46. The van der Waals surface area contributed by atoms with Crippen LogP contribution < -0.4 is 5.14 Å². The van der Waals surface area contributed by atoms with Crippen molar-refractivity contribution in [2.45, 2.75) is 30.6 Å². The van der Waals surface area contributed by atoms with Gasteiger partial charge >= 0.3 is 0 Å². The monoisotopic (exact) mass is 419 g/mol. The average Bonchev–Trinajstić information content (AvgIpc) is 3.25. The Morgan fingerprint density at radius 2 is 1.83 bits per heavy atom. The van der Waals surface area contributed by atoms with Crippen LogP contribution in [0.1, 0.15) is 30.0 Å². The zero-order valence-corrected chi connectivity index (χ0v) is 17.2. The maximum absolute atomic E-state index is 11.6. The van der Waals surface area contributed by atoms with Crippen LogP contribution in [0.25, 0.3) is 28.2 Å². The van der Waals surface area contributed by atoms with Crippen LogP contribution in [0.15, 0.2) is 65.7 Å². The number of primary sulfonamides is 1. The average molecular weight is 420 g/mol. The number of H-pyrrole nitrogens is 1. The van der Waals surface area contributed by atoms with E-state index in [1.165, 1.54) is 12.1 Å². The van der Waals surface area contributed by atoms with Crippen molar-refractivity contribution in [3.05, 3.63) is 72.1 Å². The van der Waals surface area contributed by atoms with Crippen molar-refractivity contribution in [1.29, 1.82) is 0 Å². The number of sulfonamides is 1. The van der Waals surface area contributed by atoms with Crippen molar-refractivity contribution in [3.63, 3.8) is 0 Å². The minimum Gasteiger partial charge on any atom is -0.278 e. The molecule has 0 amide bonds. The lowest BCUT2D eigenvalue weighted by molar-refractivity contribution is 0.598. The third-order valence-corrected chi connectivity index (χ3v) is 6.39. The zero-order valence-electron chi connectivity index (χ0n) is 16.4. The molecule has 4 aromatic rings. The molecule has 0 saturated heterocycles. The number of nitrogens with zero attached hydrogens (tertiary/aromatic N) is 3. The number of nitrogens with two attached hydrogens (primary N) is 1. The van der Waals surface area contributed by atoms with E-state index in [0.29, 0.717) is 5.92 Å². The van der Waals surface area contributed by atoms with Crippen LogP contribution in [0.5, 0.6) is 0 Å². The number of aryl methyl sites for hydroxylation is 1. The summed E-state index contributed by atoms with van der Waals surface area (Å²) in [6.45, 7) is 2.07. The van der Waals surface area contributed by atoms with E-state index in [-0.39, 0.29) is 4.90 Å². The van der Waals surface area contributed by atoms with Crippen molar-refractivity contribution >= 4 is 10.0 Å². The Morgan fingerprint density at radius 3 is 2.47 bits per heavy atom. The quantitative estimate of drug-likeness (QED) is 0.513. The molecule has 1 aliphatic rings. The largest absolute Gasteiger partial charge is 0.278 e. The molecule has 2 aromatic carbocycles. The number of hydrogen-bond donors (Lipinski definition) is 2. The molecule has 1 saturated carbocycles. The molecule has 7 nitrogen and oxygen atoms in total. The highest BCUT2D eigenvalue weighted by Gasteiger charge is 2.28. The highest BCUT2D eigenvalue weighted by molar-refractivity contribution is 7.89. The van der Waals surface area contributed by atoms with Crippen LogP contribution >= 0.6 is 0 Å². The van der Waals surface area contributed by atoms with Crippen LogP contribution in [0, 0.1) is 6.92 Å². The molecule has 2 aromatic heterocycles. The Labute approximate surface area is 174 Å². The van der Waals surface area contributed by atoms with Crippen LogP contribution in [-0.2, 0) is 10.0 Å². The summed E-state index contributed by atoms with van der Waals surface area (Å²) >= 11 is 0. The standard InChI is InChI=1S/C22H21N5O2S/c1-14-2-3-16(20-10-11-24-25-20)12-19(14)22-13-21(15-4-5-15)26-27(22)17-6-8-18(9-7-17)30(23,28)29/h2-3,6-13,15H,4-5H2,1H3,(H,24,25)(H2,23,28,29). The van der Waals surface area contributed by atoms with E-state index < -0.39 is 10.0 Å². The second kappa shape index (κ2) is 6.93. The first-order chi connectivity index (χ1) is 14.4. The molecule has 0 atom stereocenters. The maximum Gasteiger partial charge on any atom is 0.238 e. The van der Waals surface area contributed by atoms with E-state index in [2.05, 4.69) is 41.4 Å². The zero-order chi connectivity index (χ0) is 20.9. The first-order valence-corrected chi connectivity index (χ1v) is 11.3. The maximum atomic E-state index is 11.6. The lowest BCUT2D eigenvalue weighted by Gasteiger charge is -2.12. The minimum absolute atomic E-state index is 0.0831. The number of aromatic nitrogens is 4. The molecule has 0 unspecified atom stereocenters. The second-order valence-corrected chi connectivity index (χ2v) is 9.24. The summed E-state index contributed by atoms with van der Waals surface area (Å²) in [5.74, 6) is 0.491. The molecule has 30 heavy (non-hydrogen) atoms.